The molecule has 0 aromatic heterocycles. The van der Waals surface area contributed by atoms with Crippen molar-refractivity contribution in [1.82, 2.24) is 5.32 Å². The molecular formula is C4H11NOS. The normalized spacial score (nSPS) is 9.43. The Labute approximate surface area is 48.6 Å². The van der Waals surface area contributed by atoms with Crippen LogP contribution >= 0.6 is 11.8 Å². The van der Waals surface area contributed by atoms with Crippen LogP contribution in [0.4, 0.5) is 0 Å². The average Bonchev–Trinajstić information content (AvgIpc) is 1.69. The summed E-state index contributed by atoms with van der Waals surface area (Å²) in [5, 5.41) is 2.87. The molecule has 0 aliphatic heterocycles. The first kappa shape index (κ1) is 7.27. The quantitative estimate of drug-likeness (QED) is 0.432. The van der Waals surface area contributed by atoms with Crippen molar-refractivity contribution in [3.05, 3.63) is 0 Å². The molecule has 3 heteroatoms. The zero-order valence-electron chi connectivity index (χ0n) is 4.73. The maximum absolute atomic E-state index is 4.98. The SMILES string of the molecule is CNCOCSC. The minimum absolute atomic E-state index is 0.654. The summed E-state index contributed by atoms with van der Waals surface area (Å²) in [5.74, 6) is 0.779. The van der Waals surface area contributed by atoms with Gasteiger partial charge in [0.05, 0.1) is 12.7 Å². The molecule has 0 unspecified atom stereocenters. The molecule has 0 radical (unpaired) electrons. The lowest BCUT2D eigenvalue weighted by molar-refractivity contribution is 0.168. The van der Waals surface area contributed by atoms with E-state index in [0.717, 1.165) is 5.94 Å². The summed E-state index contributed by atoms with van der Waals surface area (Å²) in [6.07, 6.45) is 2.01. The van der Waals surface area contributed by atoms with Crippen LogP contribution in [0.3, 0.4) is 0 Å². The van der Waals surface area contributed by atoms with E-state index in [2.05, 4.69) is 5.32 Å². The molecule has 0 aromatic rings. The van der Waals surface area contributed by atoms with Crippen molar-refractivity contribution in [3.63, 3.8) is 0 Å². The maximum atomic E-state index is 4.98. The van der Waals surface area contributed by atoms with Gasteiger partial charge in [-0.25, -0.2) is 0 Å². The highest BCUT2D eigenvalue weighted by Gasteiger charge is 1.76. The van der Waals surface area contributed by atoms with Gasteiger partial charge in [0.25, 0.3) is 0 Å². The third kappa shape index (κ3) is 6.27. The summed E-state index contributed by atoms with van der Waals surface area (Å²) in [6, 6.07) is 0. The van der Waals surface area contributed by atoms with Gasteiger partial charge in [-0.1, -0.05) is 0 Å². The van der Waals surface area contributed by atoms with Crippen molar-refractivity contribution < 1.29 is 4.74 Å². The predicted molar refractivity (Wildman–Crippen MR) is 33.4 cm³/mol. The molecule has 0 saturated heterocycles. The van der Waals surface area contributed by atoms with Gasteiger partial charge in [-0.05, 0) is 13.3 Å². The van der Waals surface area contributed by atoms with Crippen molar-refractivity contribution in [3.8, 4) is 0 Å². The van der Waals surface area contributed by atoms with Gasteiger partial charge in [0.2, 0.25) is 0 Å². The van der Waals surface area contributed by atoms with Gasteiger partial charge in [-0.3, -0.25) is 5.32 Å². The highest BCUT2D eigenvalue weighted by molar-refractivity contribution is 7.98. The molecule has 0 spiro atoms. The van der Waals surface area contributed by atoms with Gasteiger partial charge in [0.15, 0.2) is 0 Å². The first-order valence-corrected chi connectivity index (χ1v) is 3.52. The van der Waals surface area contributed by atoms with Crippen molar-refractivity contribution >= 4 is 11.8 Å². The predicted octanol–water partition coefficient (Wildman–Crippen LogP) is 0.500. The fourth-order valence-corrected chi connectivity index (χ4v) is 0.477. The molecule has 0 aliphatic rings. The van der Waals surface area contributed by atoms with E-state index >= 15 is 0 Å². The first-order valence-electron chi connectivity index (χ1n) is 2.13. The topological polar surface area (TPSA) is 21.3 Å². The molecule has 0 rings (SSSR count). The summed E-state index contributed by atoms with van der Waals surface area (Å²) in [7, 11) is 1.86. The summed E-state index contributed by atoms with van der Waals surface area (Å²) in [5.41, 5.74) is 0. The van der Waals surface area contributed by atoms with Crippen LogP contribution in [-0.4, -0.2) is 26.0 Å². The van der Waals surface area contributed by atoms with E-state index in [1.54, 1.807) is 11.8 Å². The fraction of sp³-hybridized carbons (Fsp3) is 1.00. The Bertz CT molecular complexity index is 30.9. The number of thioether (sulfide) groups is 1. The number of rotatable bonds is 4. The third-order valence-corrected chi connectivity index (χ3v) is 0.850. The van der Waals surface area contributed by atoms with Gasteiger partial charge in [-0.2, -0.15) is 0 Å². The Morgan fingerprint density at radius 3 is 2.86 bits per heavy atom. The molecule has 0 amide bonds. The van der Waals surface area contributed by atoms with Crippen LogP contribution in [-0.2, 0) is 4.74 Å². The van der Waals surface area contributed by atoms with Crippen LogP contribution in [0.2, 0.25) is 0 Å². The monoisotopic (exact) mass is 121 g/mol. The average molecular weight is 121 g/mol. The molecule has 7 heavy (non-hydrogen) atoms. The molecule has 0 heterocycles. The highest BCUT2D eigenvalue weighted by atomic mass is 32.2. The number of ether oxygens (including phenoxy) is 1. The molecule has 44 valence electrons. The van der Waals surface area contributed by atoms with E-state index in [0.29, 0.717) is 6.73 Å². The van der Waals surface area contributed by atoms with Crippen LogP contribution in [0.1, 0.15) is 0 Å². The Balaban J connectivity index is 2.45. The third-order valence-electron chi connectivity index (χ3n) is 0.448. The van der Waals surface area contributed by atoms with Gasteiger partial charge in [-0.15, -0.1) is 11.8 Å². The van der Waals surface area contributed by atoms with Crippen molar-refractivity contribution in [1.29, 1.82) is 0 Å². The summed E-state index contributed by atoms with van der Waals surface area (Å²) < 4.78 is 4.98. The van der Waals surface area contributed by atoms with Gasteiger partial charge < -0.3 is 4.74 Å². The Hall–Kier alpha value is 0.270. The van der Waals surface area contributed by atoms with E-state index in [1.807, 2.05) is 13.3 Å². The van der Waals surface area contributed by atoms with Crippen LogP contribution in [0.5, 0.6) is 0 Å². The smallest absolute Gasteiger partial charge is 0.0974 e. The van der Waals surface area contributed by atoms with Crippen LogP contribution in [0.15, 0.2) is 0 Å². The van der Waals surface area contributed by atoms with E-state index in [9.17, 15) is 0 Å². The Kier molecular flexibility index (Phi) is 6.51. The van der Waals surface area contributed by atoms with Gasteiger partial charge in [0.1, 0.15) is 0 Å². The number of hydrogen-bond donors (Lipinski definition) is 1. The lowest BCUT2D eigenvalue weighted by Crippen LogP contribution is -2.10. The molecular weight excluding hydrogens is 110 g/mol. The molecule has 0 atom stereocenters. The summed E-state index contributed by atoms with van der Waals surface area (Å²) >= 11 is 1.68. The van der Waals surface area contributed by atoms with Crippen molar-refractivity contribution in [2.24, 2.45) is 0 Å². The molecule has 0 bridgehead atoms. The van der Waals surface area contributed by atoms with Crippen LogP contribution in [0.25, 0.3) is 0 Å². The van der Waals surface area contributed by atoms with E-state index in [4.69, 9.17) is 4.74 Å². The summed E-state index contributed by atoms with van der Waals surface area (Å²) in [6.45, 7) is 0.654. The molecule has 0 saturated carbocycles. The molecule has 0 aromatic carbocycles. The zero-order chi connectivity index (χ0) is 5.54. The van der Waals surface area contributed by atoms with Crippen LogP contribution < -0.4 is 5.32 Å². The molecule has 0 aliphatic carbocycles. The largest absolute Gasteiger partial charge is 0.356 e. The Morgan fingerprint density at radius 2 is 2.43 bits per heavy atom. The second-order valence-corrected chi connectivity index (χ2v) is 1.92. The minimum Gasteiger partial charge on any atom is -0.356 e. The van der Waals surface area contributed by atoms with E-state index < -0.39 is 0 Å². The molecule has 0 fully saturated rings. The zero-order valence-corrected chi connectivity index (χ0v) is 5.55. The number of hydrogen-bond acceptors (Lipinski definition) is 3. The highest BCUT2D eigenvalue weighted by Crippen LogP contribution is 1.88. The second kappa shape index (κ2) is 6.27. The molecule has 2 nitrogen and oxygen atoms in total. The lowest BCUT2D eigenvalue weighted by atomic mass is 11.1. The van der Waals surface area contributed by atoms with E-state index in [-0.39, 0.29) is 0 Å². The van der Waals surface area contributed by atoms with Gasteiger partial charge >= 0.3 is 0 Å². The lowest BCUT2D eigenvalue weighted by Gasteiger charge is -1.96. The van der Waals surface area contributed by atoms with Gasteiger partial charge in [0, 0.05) is 0 Å². The number of nitrogens with one attached hydrogen (secondary N) is 1. The molecule has 1 N–H and O–H groups in total. The fourth-order valence-electron chi connectivity index (χ4n) is 0.227. The van der Waals surface area contributed by atoms with Crippen LogP contribution in [0, 0.1) is 0 Å². The van der Waals surface area contributed by atoms with Crippen molar-refractivity contribution in [2.45, 2.75) is 0 Å². The standard InChI is InChI=1S/C4H11NOS/c1-5-3-6-4-7-2/h5H,3-4H2,1-2H3. The first-order chi connectivity index (χ1) is 3.41. The second-order valence-electron chi connectivity index (χ2n) is 1.11. The minimum atomic E-state index is 0.654. The summed E-state index contributed by atoms with van der Waals surface area (Å²) in [4.78, 5) is 0. The maximum Gasteiger partial charge on any atom is 0.0974 e. The Morgan fingerprint density at radius 1 is 1.71 bits per heavy atom. The van der Waals surface area contributed by atoms with Crippen molar-refractivity contribution in [2.75, 3.05) is 26.0 Å². The van der Waals surface area contributed by atoms with E-state index in [1.165, 1.54) is 0 Å².